The van der Waals surface area contributed by atoms with Crippen LogP contribution in [0.2, 0.25) is 0 Å². The average molecular weight is 278 g/mol. The van der Waals surface area contributed by atoms with Crippen LogP contribution < -0.4 is 0 Å². The van der Waals surface area contributed by atoms with Crippen molar-refractivity contribution >= 4 is 33.3 Å². The third kappa shape index (κ3) is 2.56. The van der Waals surface area contributed by atoms with Crippen LogP contribution >= 0.6 is 27.5 Å². The lowest BCUT2D eigenvalue weighted by Crippen LogP contribution is -2.05. The normalized spacial score (nSPS) is 10.2. The van der Waals surface area contributed by atoms with Crippen molar-refractivity contribution in [3.8, 4) is 0 Å². The number of benzene rings is 1. The molecule has 1 rings (SSSR count). The molecule has 0 spiro atoms. The molecule has 76 valence electrons. The van der Waals surface area contributed by atoms with Gasteiger partial charge in [0.05, 0.1) is 6.61 Å². The second-order valence-corrected chi connectivity index (χ2v) is 4.02. The predicted octanol–water partition coefficient (Wildman–Crippen LogP) is 2.75. The van der Waals surface area contributed by atoms with Gasteiger partial charge in [-0.1, -0.05) is 28.1 Å². The van der Waals surface area contributed by atoms with Gasteiger partial charge in [-0.2, -0.15) is 0 Å². The third-order valence-electron chi connectivity index (χ3n) is 1.90. The lowest BCUT2D eigenvalue weighted by Gasteiger charge is -2.07. The first-order valence-electron chi connectivity index (χ1n) is 4.18. The summed E-state index contributed by atoms with van der Waals surface area (Å²) in [7, 11) is 0. The summed E-state index contributed by atoms with van der Waals surface area (Å²) in [6.07, 6.45) is 0.297. The number of ketones is 1. The first kappa shape index (κ1) is 11.7. The fourth-order valence-electron chi connectivity index (χ4n) is 1.20. The zero-order valence-corrected chi connectivity index (χ0v) is 9.81. The van der Waals surface area contributed by atoms with E-state index in [1.807, 2.05) is 0 Å². The summed E-state index contributed by atoms with van der Waals surface area (Å²) in [6, 6.07) is 5.26. The van der Waals surface area contributed by atoms with Crippen molar-refractivity contribution in [2.75, 3.05) is 5.88 Å². The minimum atomic E-state index is -0.148. The maximum Gasteiger partial charge on any atom is 0.164 e. The van der Waals surface area contributed by atoms with Gasteiger partial charge in [0.2, 0.25) is 0 Å². The van der Waals surface area contributed by atoms with Crippen LogP contribution in [0.15, 0.2) is 22.7 Å². The summed E-state index contributed by atoms with van der Waals surface area (Å²) in [4.78, 5) is 11.6. The molecule has 0 heterocycles. The molecule has 0 bridgehead atoms. The monoisotopic (exact) mass is 276 g/mol. The Labute approximate surface area is 96.0 Å². The number of carbonyl (C=O) groups is 1. The van der Waals surface area contributed by atoms with Gasteiger partial charge in [-0.3, -0.25) is 4.79 Å². The van der Waals surface area contributed by atoms with Gasteiger partial charge in [-0.25, -0.2) is 0 Å². The largest absolute Gasteiger partial charge is 0.392 e. The molecule has 14 heavy (non-hydrogen) atoms. The molecule has 1 aromatic carbocycles. The molecule has 0 atom stereocenters. The van der Waals surface area contributed by atoms with E-state index in [4.69, 9.17) is 16.7 Å². The van der Waals surface area contributed by atoms with Gasteiger partial charge in [-0.05, 0) is 6.07 Å². The summed E-state index contributed by atoms with van der Waals surface area (Å²) in [6.45, 7) is -0.148. The van der Waals surface area contributed by atoms with Crippen molar-refractivity contribution in [3.05, 3.63) is 33.8 Å². The minimum Gasteiger partial charge on any atom is -0.392 e. The Morgan fingerprint density at radius 3 is 2.79 bits per heavy atom. The molecule has 4 heteroatoms. The van der Waals surface area contributed by atoms with Crippen LogP contribution in [0.5, 0.6) is 0 Å². The van der Waals surface area contributed by atoms with Crippen molar-refractivity contribution in [2.24, 2.45) is 0 Å². The number of aliphatic hydroxyl groups excluding tert-OH is 1. The topological polar surface area (TPSA) is 37.3 Å². The lowest BCUT2D eigenvalue weighted by atomic mass is 10.0. The van der Waals surface area contributed by atoms with E-state index < -0.39 is 0 Å². The smallest absolute Gasteiger partial charge is 0.164 e. The number of carbonyl (C=O) groups excluding carboxylic acids is 1. The molecule has 0 aromatic heterocycles. The maximum absolute atomic E-state index is 11.6. The highest BCUT2D eigenvalue weighted by molar-refractivity contribution is 9.10. The zero-order valence-electron chi connectivity index (χ0n) is 7.46. The Balaban J connectivity index is 3.07. The Morgan fingerprint density at radius 1 is 1.50 bits per heavy atom. The molecule has 0 amide bonds. The number of halogens is 2. The number of rotatable bonds is 4. The van der Waals surface area contributed by atoms with E-state index in [0.29, 0.717) is 23.4 Å². The number of hydrogen-bond acceptors (Lipinski definition) is 2. The van der Waals surface area contributed by atoms with Gasteiger partial charge >= 0.3 is 0 Å². The summed E-state index contributed by atoms with van der Waals surface area (Å²) in [5.41, 5.74) is 1.17. The van der Waals surface area contributed by atoms with Crippen molar-refractivity contribution in [3.63, 3.8) is 0 Å². The van der Waals surface area contributed by atoms with Crippen molar-refractivity contribution < 1.29 is 9.90 Å². The lowest BCUT2D eigenvalue weighted by molar-refractivity contribution is 0.0986. The zero-order chi connectivity index (χ0) is 10.6. The summed E-state index contributed by atoms with van der Waals surface area (Å²) < 4.78 is 0.750. The molecule has 1 N–H and O–H groups in total. The van der Waals surface area contributed by atoms with Gasteiger partial charge < -0.3 is 5.11 Å². The quantitative estimate of drug-likeness (QED) is 0.679. The average Bonchev–Trinajstić information content (AvgIpc) is 2.17. The Hall–Kier alpha value is -0.380. The third-order valence-corrected chi connectivity index (χ3v) is 2.83. The van der Waals surface area contributed by atoms with Crippen LogP contribution in [0.25, 0.3) is 0 Å². The summed E-state index contributed by atoms with van der Waals surface area (Å²) in [5.74, 6) is 0.265. The first-order chi connectivity index (χ1) is 6.70. The highest BCUT2D eigenvalue weighted by atomic mass is 79.9. The van der Waals surface area contributed by atoms with E-state index in [1.54, 1.807) is 18.2 Å². The van der Waals surface area contributed by atoms with Gasteiger partial charge in [0.1, 0.15) is 0 Å². The van der Waals surface area contributed by atoms with Gasteiger partial charge in [0, 0.05) is 27.9 Å². The Kier molecular flexibility index (Phi) is 4.58. The second kappa shape index (κ2) is 5.49. The van der Waals surface area contributed by atoms with Crippen LogP contribution in [0.1, 0.15) is 22.3 Å². The van der Waals surface area contributed by atoms with E-state index in [1.165, 1.54) is 0 Å². The van der Waals surface area contributed by atoms with Crippen LogP contribution in [-0.2, 0) is 6.61 Å². The van der Waals surface area contributed by atoms with E-state index in [0.717, 1.165) is 4.47 Å². The maximum atomic E-state index is 11.6. The molecule has 0 saturated carbocycles. The Morgan fingerprint density at radius 2 is 2.21 bits per heavy atom. The molecule has 0 saturated heterocycles. The molecule has 0 aliphatic heterocycles. The fourth-order valence-corrected chi connectivity index (χ4v) is 1.86. The highest BCUT2D eigenvalue weighted by Gasteiger charge is 2.12. The summed E-state index contributed by atoms with van der Waals surface area (Å²) >= 11 is 8.77. The van der Waals surface area contributed by atoms with Crippen molar-refractivity contribution in [2.45, 2.75) is 13.0 Å². The molecule has 0 fully saturated rings. The van der Waals surface area contributed by atoms with Crippen LogP contribution in [0.4, 0.5) is 0 Å². The predicted molar refractivity (Wildman–Crippen MR) is 59.7 cm³/mol. The van der Waals surface area contributed by atoms with Crippen LogP contribution in [-0.4, -0.2) is 16.8 Å². The first-order valence-corrected chi connectivity index (χ1v) is 5.51. The standard InChI is InChI=1S/C10H10BrClO2/c11-9-3-1-2-7(8(9)6-13)10(14)4-5-12/h1-3,13H,4-6H2. The molecule has 0 radical (unpaired) electrons. The fraction of sp³-hybridized carbons (Fsp3) is 0.300. The van der Waals surface area contributed by atoms with Gasteiger partial charge in [-0.15, -0.1) is 11.6 Å². The molecular weight excluding hydrogens is 267 g/mol. The molecule has 0 aliphatic rings. The molecule has 0 unspecified atom stereocenters. The van der Waals surface area contributed by atoms with E-state index in [9.17, 15) is 4.79 Å². The Bertz CT molecular complexity index is 339. The molecule has 2 nitrogen and oxygen atoms in total. The molecule has 0 aliphatic carbocycles. The van der Waals surface area contributed by atoms with Gasteiger partial charge in [0.15, 0.2) is 5.78 Å². The molecular formula is C10H10BrClO2. The van der Waals surface area contributed by atoms with Crippen LogP contribution in [0, 0.1) is 0 Å². The summed E-state index contributed by atoms with van der Waals surface area (Å²) in [5, 5.41) is 9.10. The van der Waals surface area contributed by atoms with Crippen molar-refractivity contribution in [1.29, 1.82) is 0 Å². The van der Waals surface area contributed by atoms with Crippen molar-refractivity contribution in [1.82, 2.24) is 0 Å². The van der Waals surface area contributed by atoms with E-state index in [2.05, 4.69) is 15.9 Å². The molecule has 1 aromatic rings. The number of hydrogen-bond donors (Lipinski definition) is 1. The van der Waals surface area contributed by atoms with E-state index in [-0.39, 0.29) is 12.4 Å². The SMILES string of the molecule is O=C(CCCl)c1cccc(Br)c1CO. The van der Waals surface area contributed by atoms with E-state index >= 15 is 0 Å². The second-order valence-electron chi connectivity index (χ2n) is 2.79. The highest BCUT2D eigenvalue weighted by Crippen LogP contribution is 2.21. The van der Waals surface area contributed by atoms with Gasteiger partial charge in [0.25, 0.3) is 0 Å². The number of aliphatic hydroxyl groups is 1. The number of Topliss-reactive ketones (excluding diaryl/α,β-unsaturated/α-hetero) is 1. The number of alkyl halides is 1. The van der Waals surface area contributed by atoms with Crippen LogP contribution in [0.3, 0.4) is 0 Å². The minimum absolute atomic E-state index is 0.0367.